The van der Waals surface area contributed by atoms with Crippen molar-refractivity contribution in [2.45, 2.75) is 51.5 Å². The molecular formula is C22H27NO4S. The molecule has 0 aromatic heterocycles. The van der Waals surface area contributed by atoms with Gasteiger partial charge in [-0.2, -0.15) is 4.31 Å². The van der Waals surface area contributed by atoms with Crippen LogP contribution in [0.2, 0.25) is 0 Å². The molecule has 0 amide bonds. The Hall–Kier alpha value is -2.18. The molecule has 2 aromatic rings. The average Bonchev–Trinajstić information content (AvgIpc) is 2.74. The third-order valence-corrected chi connectivity index (χ3v) is 7.37. The summed E-state index contributed by atoms with van der Waals surface area (Å²) in [6.07, 6.45) is 1.92. The fourth-order valence-electron chi connectivity index (χ4n) is 3.61. The van der Waals surface area contributed by atoms with E-state index in [0.29, 0.717) is 24.4 Å². The number of carboxylic acids is 1. The number of carboxylic acid groups (broad SMARTS) is 1. The van der Waals surface area contributed by atoms with Crippen LogP contribution in [0.25, 0.3) is 0 Å². The lowest BCUT2D eigenvalue weighted by Crippen LogP contribution is -2.31. The van der Waals surface area contributed by atoms with Crippen molar-refractivity contribution in [2.24, 2.45) is 5.41 Å². The third kappa shape index (κ3) is 4.13. The summed E-state index contributed by atoms with van der Waals surface area (Å²) in [4.78, 5) is 11.8. The standard InChI is InChI=1S/C22H27NO4S/c1-16-10-11-17(14-22(2,3)21(24)25)13-19(16)15-23-12-6-8-18-7-4-5-9-20(18)28(23,26)27/h4-5,7,9-11,13H,6,8,12,14-15H2,1-3H3,(H,24,25). The topological polar surface area (TPSA) is 74.7 Å². The Morgan fingerprint density at radius 2 is 1.89 bits per heavy atom. The normalized spacial score (nSPS) is 17.0. The first-order chi connectivity index (χ1) is 13.1. The Bertz CT molecular complexity index is 995. The van der Waals surface area contributed by atoms with E-state index in [0.717, 1.165) is 35.1 Å². The summed E-state index contributed by atoms with van der Waals surface area (Å²) >= 11 is 0. The molecule has 0 fully saturated rings. The molecule has 3 rings (SSSR count). The van der Waals surface area contributed by atoms with Crippen LogP contribution in [-0.2, 0) is 34.2 Å². The molecule has 150 valence electrons. The van der Waals surface area contributed by atoms with Crippen LogP contribution in [0, 0.1) is 12.3 Å². The van der Waals surface area contributed by atoms with Gasteiger partial charge in [-0.3, -0.25) is 4.79 Å². The van der Waals surface area contributed by atoms with Crippen molar-refractivity contribution < 1.29 is 18.3 Å². The van der Waals surface area contributed by atoms with Crippen LogP contribution >= 0.6 is 0 Å². The first-order valence-electron chi connectivity index (χ1n) is 9.51. The molecule has 0 atom stereocenters. The van der Waals surface area contributed by atoms with E-state index >= 15 is 0 Å². The molecule has 0 saturated heterocycles. The van der Waals surface area contributed by atoms with Crippen LogP contribution in [0.3, 0.4) is 0 Å². The molecule has 5 nitrogen and oxygen atoms in total. The van der Waals surface area contributed by atoms with Gasteiger partial charge in [-0.1, -0.05) is 36.4 Å². The van der Waals surface area contributed by atoms with E-state index in [-0.39, 0.29) is 0 Å². The van der Waals surface area contributed by atoms with Crippen molar-refractivity contribution in [1.82, 2.24) is 4.31 Å². The number of carbonyl (C=O) groups is 1. The van der Waals surface area contributed by atoms with E-state index in [2.05, 4.69) is 0 Å². The number of fused-ring (bicyclic) bond motifs is 1. The maximum absolute atomic E-state index is 13.2. The summed E-state index contributed by atoms with van der Waals surface area (Å²) in [6, 6.07) is 13.0. The maximum atomic E-state index is 13.2. The predicted molar refractivity (Wildman–Crippen MR) is 109 cm³/mol. The van der Waals surface area contributed by atoms with Crippen molar-refractivity contribution in [3.8, 4) is 0 Å². The number of sulfonamides is 1. The molecule has 6 heteroatoms. The molecule has 1 heterocycles. The van der Waals surface area contributed by atoms with Crippen LogP contribution in [0.4, 0.5) is 0 Å². The van der Waals surface area contributed by atoms with Gasteiger partial charge in [0, 0.05) is 13.1 Å². The van der Waals surface area contributed by atoms with E-state index in [1.165, 1.54) is 0 Å². The molecule has 1 aliphatic rings. The number of aryl methyl sites for hydroxylation is 2. The van der Waals surface area contributed by atoms with E-state index < -0.39 is 21.4 Å². The lowest BCUT2D eigenvalue weighted by Gasteiger charge is -2.23. The van der Waals surface area contributed by atoms with Crippen LogP contribution in [-0.4, -0.2) is 30.3 Å². The highest BCUT2D eigenvalue weighted by molar-refractivity contribution is 7.89. The second kappa shape index (κ2) is 7.68. The smallest absolute Gasteiger partial charge is 0.309 e. The van der Waals surface area contributed by atoms with Crippen molar-refractivity contribution in [2.75, 3.05) is 6.54 Å². The summed E-state index contributed by atoms with van der Waals surface area (Å²) in [5, 5.41) is 9.39. The second-order valence-electron chi connectivity index (χ2n) is 8.18. The number of benzene rings is 2. The van der Waals surface area contributed by atoms with Gasteiger partial charge in [0.15, 0.2) is 0 Å². The lowest BCUT2D eigenvalue weighted by atomic mass is 9.85. The van der Waals surface area contributed by atoms with Gasteiger partial charge in [-0.25, -0.2) is 8.42 Å². The van der Waals surface area contributed by atoms with Crippen LogP contribution in [0.5, 0.6) is 0 Å². The molecule has 0 bridgehead atoms. The van der Waals surface area contributed by atoms with Gasteiger partial charge in [-0.15, -0.1) is 0 Å². The molecule has 1 aliphatic heterocycles. The first-order valence-corrected chi connectivity index (χ1v) is 10.9. The zero-order valence-corrected chi connectivity index (χ0v) is 17.4. The summed E-state index contributed by atoms with van der Waals surface area (Å²) in [5.41, 5.74) is 2.82. The fraction of sp³-hybridized carbons (Fsp3) is 0.409. The second-order valence-corrected chi connectivity index (χ2v) is 10.1. The van der Waals surface area contributed by atoms with Crippen molar-refractivity contribution in [1.29, 1.82) is 0 Å². The minimum atomic E-state index is -3.56. The first kappa shape index (κ1) is 20.6. The monoisotopic (exact) mass is 401 g/mol. The van der Waals surface area contributed by atoms with Crippen LogP contribution in [0.15, 0.2) is 47.4 Å². The summed E-state index contributed by atoms with van der Waals surface area (Å²) in [7, 11) is -3.56. The highest BCUT2D eigenvalue weighted by atomic mass is 32.2. The zero-order chi connectivity index (χ0) is 20.5. The molecule has 1 N–H and O–H groups in total. The summed E-state index contributed by atoms with van der Waals surface area (Å²) in [6.45, 7) is 6.13. The third-order valence-electron chi connectivity index (χ3n) is 5.43. The Balaban J connectivity index is 1.91. The Labute approximate surface area is 167 Å². The van der Waals surface area contributed by atoms with Crippen LogP contribution < -0.4 is 0 Å². The fourth-order valence-corrected chi connectivity index (χ4v) is 5.32. The summed E-state index contributed by atoms with van der Waals surface area (Å²) in [5.74, 6) is -0.846. The molecular weight excluding hydrogens is 374 g/mol. The minimum absolute atomic E-state index is 0.295. The lowest BCUT2D eigenvalue weighted by molar-refractivity contribution is -0.146. The van der Waals surface area contributed by atoms with Crippen LogP contribution in [0.1, 0.15) is 42.5 Å². The molecule has 0 saturated carbocycles. The number of hydrogen-bond donors (Lipinski definition) is 1. The van der Waals surface area contributed by atoms with E-state index in [1.54, 1.807) is 30.3 Å². The predicted octanol–water partition coefficient (Wildman–Crippen LogP) is 3.79. The van der Waals surface area contributed by atoms with Gasteiger partial charge >= 0.3 is 5.97 Å². The van der Waals surface area contributed by atoms with E-state index in [1.807, 2.05) is 37.3 Å². The molecule has 0 spiro atoms. The number of nitrogens with zero attached hydrogens (tertiary/aromatic N) is 1. The Morgan fingerprint density at radius 1 is 1.18 bits per heavy atom. The molecule has 0 aliphatic carbocycles. The zero-order valence-electron chi connectivity index (χ0n) is 16.6. The quantitative estimate of drug-likeness (QED) is 0.827. The van der Waals surface area contributed by atoms with Gasteiger partial charge in [0.2, 0.25) is 10.0 Å². The van der Waals surface area contributed by atoms with Gasteiger partial charge in [-0.05, 0) is 68.4 Å². The summed E-state index contributed by atoms with van der Waals surface area (Å²) < 4.78 is 27.9. The number of aliphatic carboxylic acids is 1. The number of hydrogen-bond acceptors (Lipinski definition) is 3. The van der Waals surface area contributed by atoms with E-state index in [9.17, 15) is 18.3 Å². The van der Waals surface area contributed by atoms with Crippen molar-refractivity contribution >= 4 is 16.0 Å². The molecule has 0 unspecified atom stereocenters. The largest absolute Gasteiger partial charge is 0.481 e. The van der Waals surface area contributed by atoms with Gasteiger partial charge in [0.05, 0.1) is 10.3 Å². The van der Waals surface area contributed by atoms with Crippen molar-refractivity contribution in [3.63, 3.8) is 0 Å². The molecule has 0 radical (unpaired) electrons. The highest BCUT2D eigenvalue weighted by Gasteiger charge is 2.30. The van der Waals surface area contributed by atoms with Gasteiger partial charge in [0.25, 0.3) is 0 Å². The van der Waals surface area contributed by atoms with E-state index in [4.69, 9.17) is 0 Å². The van der Waals surface area contributed by atoms with Gasteiger partial charge < -0.3 is 5.11 Å². The molecule has 28 heavy (non-hydrogen) atoms. The number of rotatable bonds is 5. The molecule has 2 aromatic carbocycles. The average molecular weight is 402 g/mol. The minimum Gasteiger partial charge on any atom is -0.481 e. The maximum Gasteiger partial charge on any atom is 0.309 e. The Kier molecular flexibility index (Phi) is 5.64. The highest BCUT2D eigenvalue weighted by Crippen LogP contribution is 2.29. The van der Waals surface area contributed by atoms with Gasteiger partial charge in [0.1, 0.15) is 0 Å². The SMILES string of the molecule is Cc1ccc(CC(C)(C)C(=O)O)cc1CN1CCCc2ccccc2S1(=O)=O. The Morgan fingerprint density at radius 3 is 2.61 bits per heavy atom. The van der Waals surface area contributed by atoms with Crippen molar-refractivity contribution in [3.05, 3.63) is 64.7 Å².